The summed E-state index contributed by atoms with van der Waals surface area (Å²) in [6.45, 7) is 0.0709. The van der Waals surface area contributed by atoms with E-state index in [2.05, 4.69) is 0 Å². The van der Waals surface area contributed by atoms with Crippen LogP contribution in [-0.2, 0) is 10.2 Å². The monoisotopic (exact) mass is 236 g/mol. The van der Waals surface area contributed by atoms with E-state index in [9.17, 15) is 15.0 Å². The van der Waals surface area contributed by atoms with Gasteiger partial charge >= 0.3 is 5.97 Å². The third-order valence-corrected chi connectivity index (χ3v) is 3.59. The molecule has 0 atom stereocenters. The molecule has 1 aromatic rings. The summed E-state index contributed by atoms with van der Waals surface area (Å²) in [6, 6.07) is 2.92. The first-order valence-corrected chi connectivity index (χ1v) is 5.50. The van der Waals surface area contributed by atoms with Gasteiger partial charge in [0, 0.05) is 11.6 Å². The van der Waals surface area contributed by atoms with E-state index in [1.165, 1.54) is 12.1 Å². The largest absolute Gasteiger partial charge is 0.508 e. The zero-order chi connectivity index (χ0) is 12.0. The van der Waals surface area contributed by atoms with Crippen LogP contribution in [0.4, 0.5) is 0 Å². The number of rotatable bonds is 2. The van der Waals surface area contributed by atoms with Crippen LogP contribution in [-0.4, -0.2) is 23.0 Å². The van der Waals surface area contributed by atoms with Crippen molar-refractivity contribution in [1.82, 2.24) is 0 Å². The van der Waals surface area contributed by atoms with Gasteiger partial charge in [-0.25, -0.2) is 0 Å². The van der Waals surface area contributed by atoms with Gasteiger partial charge in [-0.1, -0.05) is 6.42 Å². The average Bonchev–Trinajstić information content (AvgIpc) is 2.62. The van der Waals surface area contributed by atoms with Crippen LogP contribution in [0, 0.1) is 0 Å². The third-order valence-electron chi connectivity index (χ3n) is 3.59. The summed E-state index contributed by atoms with van der Waals surface area (Å²) in [7, 11) is 0. The number of carboxylic acids is 1. The fourth-order valence-corrected chi connectivity index (χ4v) is 2.48. The molecular weight excluding hydrogens is 224 g/mol. The minimum absolute atomic E-state index is 0.0109. The Labute approximate surface area is 97.6 Å². The second-order valence-electron chi connectivity index (χ2n) is 4.47. The second-order valence-corrected chi connectivity index (χ2v) is 4.47. The van der Waals surface area contributed by atoms with Crippen molar-refractivity contribution in [3.8, 4) is 17.2 Å². The normalized spacial score (nSPS) is 19.8. The van der Waals surface area contributed by atoms with Crippen molar-refractivity contribution in [2.24, 2.45) is 0 Å². The quantitative estimate of drug-likeness (QED) is 0.816. The predicted octanol–water partition coefficient (Wildman–Crippen LogP) is 1.63. The lowest BCUT2D eigenvalue weighted by Gasteiger charge is -2.38. The fraction of sp³-hybridized carbons (Fsp3) is 0.417. The van der Waals surface area contributed by atoms with Gasteiger partial charge in [0.1, 0.15) is 5.75 Å². The molecule has 0 aromatic heterocycles. The molecule has 17 heavy (non-hydrogen) atoms. The molecule has 0 saturated heterocycles. The molecule has 1 saturated carbocycles. The lowest BCUT2D eigenvalue weighted by molar-refractivity contribution is -0.147. The first-order chi connectivity index (χ1) is 8.13. The number of fused-ring (bicyclic) bond motifs is 1. The number of benzene rings is 1. The van der Waals surface area contributed by atoms with Gasteiger partial charge in [0.15, 0.2) is 11.5 Å². The van der Waals surface area contributed by atoms with Crippen LogP contribution in [0.15, 0.2) is 12.1 Å². The van der Waals surface area contributed by atoms with Crippen LogP contribution in [0.2, 0.25) is 0 Å². The number of carboxylic acid groups (broad SMARTS) is 1. The van der Waals surface area contributed by atoms with Gasteiger partial charge in [-0.3, -0.25) is 4.79 Å². The molecule has 0 radical (unpaired) electrons. The van der Waals surface area contributed by atoms with E-state index < -0.39 is 11.4 Å². The van der Waals surface area contributed by atoms with E-state index in [1.807, 2.05) is 0 Å². The molecule has 3 rings (SSSR count). The number of aromatic hydroxyl groups is 1. The Bertz CT molecular complexity index is 490. The number of phenolic OH excluding ortho intramolecular Hbond substituents is 1. The van der Waals surface area contributed by atoms with Gasteiger partial charge in [0.05, 0.1) is 5.41 Å². The topological polar surface area (TPSA) is 76.0 Å². The third kappa shape index (κ3) is 1.28. The summed E-state index contributed by atoms with van der Waals surface area (Å²) in [5, 5.41) is 19.0. The van der Waals surface area contributed by atoms with Crippen molar-refractivity contribution >= 4 is 5.97 Å². The number of ether oxygens (including phenoxy) is 2. The maximum atomic E-state index is 11.4. The van der Waals surface area contributed by atoms with E-state index in [0.29, 0.717) is 29.9 Å². The summed E-state index contributed by atoms with van der Waals surface area (Å²) in [5.41, 5.74) is -0.389. The number of hydrogen-bond acceptors (Lipinski definition) is 4. The predicted molar refractivity (Wildman–Crippen MR) is 57.4 cm³/mol. The van der Waals surface area contributed by atoms with Crippen molar-refractivity contribution in [2.45, 2.75) is 24.7 Å². The first kappa shape index (κ1) is 10.3. The number of hydrogen-bond donors (Lipinski definition) is 2. The van der Waals surface area contributed by atoms with Crippen LogP contribution in [0.1, 0.15) is 24.8 Å². The van der Waals surface area contributed by atoms with E-state index in [-0.39, 0.29) is 12.5 Å². The lowest BCUT2D eigenvalue weighted by Crippen LogP contribution is -2.42. The molecule has 1 aliphatic carbocycles. The van der Waals surface area contributed by atoms with Gasteiger partial charge in [-0.05, 0) is 18.9 Å². The highest BCUT2D eigenvalue weighted by molar-refractivity contribution is 5.84. The van der Waals surface area contributed by atoms with E-state index in [1.54, 1.807) is 0 Å². The van der Waals surface area contributed by atoms with Crippen LogP contribution in [0.3, 0.4) is 0 Å². The molecule has 90 valence electrons. The molecule has 1 aliphatic heterocycles. The van der Waals surface area contributed by atoms with Crippen molar-refractivity contribution in [2.75, 3.05) is 6.79 Å². The molecule has 0 bridgehead atoms. The van der Waals surface area contributed by atoms with Crippen molar-refractivity contribution in [1.29, 1.82) is 0 Å². The van der Waals surface area contributed by atoms with E-state index >= 15 is 0 Å². The number of carbonyl (C=O) groups is 1. The Morgan fingerprint density at radius 3 is 2.65 bits per heavy atom. The standard InChI is InChI=1S/C12H12O5/c13-7-4-8(10-9(5-7)16-6-17-10)12(11(14)15)2-1-3-12/h4-5,13H,1-3,6H2,(H,14,15). The van der Waals surface area contributed by atoms with Gasteiger partial charge in [0.25, 0.3) is 0 Å². The highest BCUT2D eigenvalue weighted by atomic mass is 16.7. The highest BCUT2D eigenvalue weighted by Crippen LogP contribution is 2.52. The molecule has 5 heteroatoms. The summed E-state index contributed by atoms with van der Waals surface area (Å²) < 4.78 is 10.5. The zero-order valence-electron chi connectivity index (χ0n) is 9.10. The van der Waals surface area contributed by atoms with E-state index in [0.717, 1.165) is 6.42 Å². The molecular formula is C12H12O5. The first-order valence-electron chi connectivity index (χ1n) is 5.50. The van der Waals surface area contributed by atoms with Crippen molar-refractivity contribution in [3.63, 3.8) is 0 Å². The van der Waals surface area contributed by atoms with Gasteiger partial charge in [-0.15, -0.1) is 0 Å². The number of aliphatic carboxylic acids is 1. The summed E-state index contributed by atoms with van der Waals surface area (Å²) in [4.78, 5) is 11.4. The Balaban J connectivity index is 2.17. The molecule has 5 nitrogen and oxygen atoms in total. The molecule has 2 aliphatic rings. The van der Waals surface area contributed by atoms with Gasteiger partial charge in [0.2, 0.25) is 6.79 Å². The minimum atomic E-state index is -0.920. The molecule has 1 heterocycles. The smallest absolute Gasteiger partial charge is 0.314 e. The fourth-order valence-electron chi connectivity index (χ4n) is 2.48. The number of phenols is 1. The van der Waals surface area contributed by atoms with Crippen LogP contribution < -0.4 is 9.47 Å². The molecule has 1 fully saturated rings. The molecule has 2 N–H and O–H groups in total. The minimum Gasteiger partial charge on any atom is -0.508 e. The molecule has 0 amide bonds. The Hall–Kier alpha value is -1.91. The van der Waals surface area contributed by atoms with Crippen LogP contribution >= 0.6 is 0 Å². The van der Waals surface area contributed by atoms with Crippen molar-refractivity contribution < 1.29 is 24.5 Å². The van der Waals surface area contributed by atoms with Crippen LogP contribution in [0.5, 0.6) is 17.2 Å². The molecule has 1 aromatic carbocycles. The summed E-state index contributed by atoms with van der Waals surface area (Å²) in [5.74, 6) is 0.0289. The Morgan fingerprint density at radius 2 is 2.06 bits per heavy atom. The molecule has 0 unspecified atom stereocenters. The lowest BCUT2D eigenvalue weighted by atomic mass is 9.64. The maximum absolute atomic E-state index is 11.4. The van der Waals surface area contributed by atoms with Crippen molar-refractivity contribution in [3.05, 3.63) is 17.7 Å². The summed E-state index contributed by atoms with van der Waals surface area (Å²) in [6.07, 6.45) is 2.01. The van der Waals surface area contributed by atoms with Gasteiger partial charge < -0.3 is 19.7 Å². The second kappa shape index (κ2) is 3.29. The Morgan fingerprint density at radius 1 is 1.29 bits per heavy atom. The summed E-state index contributed by atoms with van der Waals surface area (Å²) >= 11 is 0. The molecule has 0 spiro atoms. The van der Waals surface area contributed by atoms with Crippen LogP contribution in [0.25, 0.3) is 0 Å². The zero-order valence-corrected chi connectivity index (χ0v) is 9.10. The van der Waals surface area contributed by atoms with Gasteiger partial charge in [-0.2, -0.15) is 0 Å². The Kier molecular flexibility index (Phi) is 1.98. The highest BCUT2D eigenvalue weighted by Gasteiger charge is 2.49. The average molecular weight is 236 g/mol. The maximum Gasteiger partial charge on any atom is 0.314 e. The van der Waals surface area contributed by atoms with E-state index in [4.69, 9.17) is 9.47 Å². The SMILES string of the molecule is O=C(O)C1(c2cc(O)cc3c2OCO3)CCC1.